The van der Waals surface area contributed by atoms with Crippen molar-refractivity contribution in [2.24, 2.45) is 7.05 Å². The zero-order valence-corrected chi connectivity index (χ0v) is 18.7. The van der Waals surface area contributed by atoms with Crippen molar-refractivity contribution in [2.75, 3.05) is 0 Å². The van der Waals surface area contributed by atoms with E-state index in [9.17, 15) is 0 Å². The lowest BCUT2D eigenvalue weighted by molar-refractivity contribution is -0.627. The number of para-hydroxylation sites is 1. The summed E-state index contributed by atoms with van der Waals surface area (Å²) in [6.45, 7) is 2.18. The first-order chi connectivity index (χ1) is 15.2. The number of rotatable bonds is 1. The quantitative estimate of drug-likeness (QED) is 0.239. The number of fused-ring (bicyclic) bond motifs is 7. The van der Waals surface area contributed by atoms with Gasteiger partial charge in [-0.1, -0.05) is 77.3 Å². The summed E-state index contributed by atoms with van der Waals surface area (Å²) in [5.41, 5.74) is 4.38. The minimum atomic E-state index is 0.947. The first-order valence-corrected chi connectivity index (χ1v) is 12.0. The molecule has 0 N–H and O–H groups in total. The van der Waals surface area contributed by atoms with Gasteiger partial charge in [-0.05, 0) is 41.5 Å². The smallest absolute Gasteiger partial charge is 0.281 e. The molecule has 0 bridgehead atoms. The number of aryl methyl sites for hydroxylation is 2. The fourth-order valence-corrected chi connectivity index (χ4v) is 7.44. The molecule has 4 aromatic carbocycles. The third-order valence-corrected chi connectivity index (χ3v) is 8.92. The molecule has 0 aliphatic rings. The van der Waals surface area contributed by atoms with Gasteiger partial charge in [0, 0.05) is 20.9 Å². The van der Waals surface area contributed by atoms with Crippen LogP contribution in [-0.4, -0.2) is 0 Å². The van der Waals surface area contributed by atoms with Crippen LogP contribution in [0.1, 0.15) is 5.56 Å². The lowest BCUT2D eigenvalue weighted by Crippen LogP contribution is -2.27. The number of hydrogen-bond donors (Lipinski definition) is 0. The van der Waals surface area contributed by atoms with Gasteiger partial charge in [-0.15, -0.1) is 0 Å². The highest BCUT2D eigenvalue weighted by molar-refractivity contribution is 7.32. The van der Waals surface area contributed by atoms with Crippen molar-refractivity contribution in [3.05, 3.63) is 78.4 Å². The van der Waals surface area contributed by atoms with Crippen molar-refractivity contribution in [1.82, 2.24) is 0 Å². The minimum Gasteiger partial charge on any atom is -0.455 e. The Kier molecular flexibility index (Phi) is 3.47. The predicted octanol–water partition coefficient (Wildman–Crippen LogP) is 7.97. The average Bonchev–Trinajstić information content (AvgIpc) is 3.43. The molecular weight excluding hydrogens is 418 g/mol. The van der Waals surface area contributed by atoms with E-state index < -0.39 is 0 Å². The van der Waals surface area contributed by atoms with Crippen LogP contribution in [0.3, 0.4) is 0 Å². The maximum Gasteiger partial charge on any atom is 0.281 e. The van der Waals surface area contributed by atoms with Crippen LogP contribution in [-0.2, 0) is 7.05 Å². The summed E-state index contributed by atoms with van der Waals surface area (Å²) in [6, 6.07) is 26.0. The Hall–Kier alpha value is -3.21. The average molecular weight is 437 g/mol. The summed E-state index contributed by atoms with van der Waals surface area (Å²) >= 11 is 3.75. The molecule has 0 aliphatic heterocycles. The van der Waals surface area contributed by atoms with Crippen LogP contribution in [0.15, 0.2) is 77.2 Å². The molecule has 31 heavy (non-hydrogen) atoms. The maximum absolute atomic E-state index is 6.39. The molecule has 0 unspecified atom stereocenters. The molecule has 0 aliphatic carbocycles. The fourth-order valence-electron chi connectivity index (χ4n) is 4.70. The van der Waals surface area contributed by atoms with E-state index in [1.807, 2.05) is 28.7 Å². The monoisotopic (exact) mass is 436 g/mol. The Labute approximate surface area is 186 Å². The van der Waals surface area contributed by atoms with E-state index in [0.29, 0.717) is 0 Å². The van der Waals surface area contributed by atoms with E-state index in [0.717, 1.165) is 11.2 Å². The Morgan fingerprint density at radius 3 is 2.42 bits per heavy atom. The standard InChI is InChI=1S/C27H18NOS2/c1-15-11-12-19-18-9-5-6-10-21(18)29-24(19)23(15)26-28(2)27-25(31-26)20-13-16-7-3-4-8-17(16)14-22(20)30-27/h3-14H,1-2H3/q+1. The molecule has 0 spiro atoms. The van der Waals surface area contributed by atoms with Crippen LogP contribution in [0.5, 0.6) is 0 Å². The summed E-state index contributed by atoms with van der Waals surface area (Å²) in [4.78, 5) is 1.32. The van der Waals surface area contributed by atoms with Gasteiger partial charge in [0.1, 0.15) is 22.9 Å². The summed E-state index contributed by atoms with van der Waals surface area (Å²) in [7, 11) is 2.18. The van der Waals surface area contributed by atoms with Gasteiger partial charge in [-0.2, -0.15) is 4.57 Å². The molecular formula is C27H18NOS2+. The van der Waals surface area contributed by atoms with Gasteiger partial charge in [0.25, 0.3) is 9.84 Å². The van der Waals surface area contributed by atoms with E-state index in [-0.39, 0.29) is 0 Å². The molecule has 0 amide bonds. The predicted molar refractivity (Wildman–Crippen MR) is 133 cm³/mol. The Morgan fingerprint density at radius 1 is 0.774 bits per heavy atom. The van der Waals surface area contributed by atoms with E-state index >= 15 is 0 Å². The van der Waals surface area contributed by atoms with E-state index in [1.54, 1.807) is 0 Å². The molecule has 3 heterocycles. The summed E-state index contributed by atoms with van der Waals surface area (Å²) in [6.07, 6.45) is 0. The highest BCUT2D eigenvalue weighted by Gasteiger charge is 2.27. The van der Waals surface area contributed by atoms with Crippen LogP contribution in [0.25, 0.3) is 62.9 Å². The molecule has 0 fully saturated rings. The molecule has 0 atom stereocenters. The lowest BCUT2D eigenvalue weighted by atomic mass is 10.0. The van der Waals surface area contributed by atoms with Crippen molar-refractivity contribution in [3.63, 3.8) is 0 Å². The van der Waals surface area contributed by atoms with Crippen LogP contribution in [0.4, 0.5) is 0 Å². The van der Waals surface area contributed by atoms with E-state index in [4.69, 9.17) is 4.42 Å². The zero-order valence-electron chi connectivity index (χ0n) is 17.1. The Bertz CT molecular complexity index is 1820. The first kappa shape index (κ1) is 17.5. The normalized spacial score (nSPS) is 12.2. The molecule has 4 heteroatoms. The van der Waals surface area contributed by atoms with Gasteiger partial charge in [-0.25, -0.2) is 0 Å². The van der Waals surface area contributed by atoms with Crippen molar-refractivity contribution in [3.8, 4) is 10.6 Å². The second-order valence-electron chi connectivity index (χ2n) is 8.13. The molecule has 0 radical (unpaired) electrons. The van der Waals surface area contributed by atoms with Crippen LogP contribution in [0.2, 0.25) is 0 Å². The van der Waals surface area contributed by atoms with Crippen LogP contribution < -0.4 is 4.57 Å². The number of hydrogen-bond acceptors (Lipinski definition) is 3. The second kappa shape index (κ2) is 6.16. The van der Waals surface area contributed by atoms with Crippen LogP contribution >= 0.6 is 22.7 Å². The SMILES string of the molecule is Cc1ccc2c(oc3ccccc32)c1-c1sc2c3cc4ccccc4cc3sc2[n+]1C. The molecule has 0 saturated heterocycles. The topological polar surface area (TPSA) is 17.0 Å². The number of thiazole rings is 1. The summed E-state index contributed by atoms with van der Waals surface area (Å²) < 4.78 is 11.4. The summed E-state index contributed by atoms with van der Waals surface area (Å²) in [5.74, 6) is 0. The van der Waals surface area contributed by atoms with Gasteiger partial charge in [0.15, 0.2) is 5.58 Å². The largest absolute Gasteiger partial charge is 0.455 e. The molecule has 7 aromatic rings. The van der Waals surface area contributed by atoms with Gasteiger partial charge in [0.05, 0.1) is 0 Å². The third-order valence-electron chi connectivity index (χ3n) is 6.27. The zero-order chi connectivity index (χ0) is 20.7. The fraction of sp³-hybridized carbons (Fsp3) is 0.0741. The number of thiophene rings is 1. The summed E-state index contributed by atoms with van der Waals surface area (Å²) in [5, 5.41) is 7.55. The van der Waals surface area contributed by atoms with E-state index in [1.165, 1.54) is 57.3 Å². The number of nitrogens with zero attached hydrogens (tertiary/aromatic N) is 1. The third kappa shape index (κ3) is 2.34. The maximum atomic E-state index is 6.39. The van der Waals surface area contributed by atoms with Gasteiger partial charge in [-0.3, -0.25) is 0 Å². The lowest BCUT2D eigenvalue weighted by Gasteiger charge is -2.02. The van der Waals surface area contributed by atoms with Crippen LogP contribution in [0, 0.1) is 6.92 Å². The molecule has 7 rings (SSSR count). The van der Waals surface area contributed by atoms with Crippen molar-refractivity contribution in [2.45, 2.75) is 6.92 Å². The molecule has 2 nitrogen and oxygen atoms in total. The van der Waals surface area contributed by atoms with Crippen molar-refractivity contribution >= 4 is 75.0 Å². The molecule has 3 aromatic heterocycles. The van der Waals surface area contributed by atoms with Gasteiger partial charge < -0.3 is 4.42 Å². The Balaban J connectivity index is 1.57. The molecule has 0 saturated carbocycles. The number of benzene rings is 4. The molecule has 148 valence electrons. The Morgan fingerprint density at radius 2 is 1.55 bits per heavy atom. The second-order valence-corrected chi connectivity index (χ2v) is 10.2. The van der Waals surface area contributed by atoms with Crippen molar-refractivity contribution < 1.29 is 8.98 Å². The van der Waals surface area contributed by atoms with E-state index in [2.05, 4.69) is 85.3 Å². The highest BCUT2D eigenvalue weighted by atomic mass is 32.1. The van der Waals surface area contributed by atoms with Gasteiger partial charge >= 0.3 is 0 Å². The minimum absolute atomic E-state index is 0.947. The highest BCUT2D eigenvalue weighted by Crippen LogP contribution is 2.44. The van der Waals surface area contributed by atoms with Gasteiger partial charge in [0.2, 0.25) is 0 Å². The first-order valence-electron chi connectivity index (χ1n) is 10.3. The number of aromatic nitrogens is 1. The number of furan rings is 1. The van der Waals surface area contributed by atoms with Crippen molar-refractivity contribution in [1.29, 1.82) is 0 Å².